The van der Waals surface area contributed by atoms with E-state index in [4.69, 9.17) is 0 Å². The Morgan fingerprint density at radius 3 is 3.00 bits per heavy atom. The first-order chi connectivity index (χ1) is 7.83. The standard InChI is InChI=1S/C13H23N3/c1-3-14-10-12(2)16-9-5-7-13-6-4-8-15-11-13/h4,6,8,11-12,14,16H,3,5,7,9-10H2,1-2H3. The van der Waals surface area contributed by atoms with Gasteiger partial charge >= 0.3 is 0 Å². The summed E-state index contributed by atoms with van der Waals surface area (Å²) in [5.74, 6) is 0. The lowest BCUT2D eigenvalue weighted by Gasteiger charge is -2.13. The van der Waals surface area contributed by atoms with Crippen LogP contribution in [0.25, 0.3) is 0 Å². The molecule has 1 rings (SSSR count). The van der Waals surface area contributed by atoms with Crippen molar-refractivity contribution in [3.63, 3.8) is 0 Å². The number of pyridine rings is 1. The van der Waals surface area contributed by atoms with Gasteiger partial charge < -0.3 is 10.6 Å². The lowest BCUT2D eigenvalue weighted by atomic mass is 10.1. The second-order valence-electron chi connectivity index (χ2n) is 4.13. The maximum absolute atomic E-state index is 4.11. The van der Waals surface area contributed by atoms with E-state index in [9.17, 15) is 0 Å². The third kappa shape index (κ3) is 5.83. The maximum Gasteiger partial charge on any atom is 0.0299 e. The van der Waals surface area contributed by atoms with Gasteiger partial charge in [-0.25, -0.2) is 0 Å². The van der Waals surface area contributed by atoms with E-state index in [1.807, 2.05) is 18.5 Å². The average Bonchev–Trinajstić information content (AvgIpc) is 2.33. The van der Waals surface area contributed by atoms with Gasteiger partial charge in [0.2, 0.25) is 0 Å². The van der Waals surface area contributed by atoms with Crippen molar-refractivity contribution in [1.82, 2.24) is 15.6 Å². The molecule has 0 bridgehead atoms. The van der Waals surface area contributed by atoms with Crippen molar-refractivity contribution in [3.8, 4) is 0 Å². The second kappa shape index (κ2) is 8.25. The van der Waals surface area contributed by atoms with E-state index < -0.39 is 0 Å². The Labute approximate surface area is 98.7 Å². The lowest BCUT2D eigenvalue weighted by Crippen LogP contribution is -2.36. The summed E-state index contributed by atoms with van der Waals surface area (Å²) in [6, 6.07) is 4.68. The molecule has 0 fully saturated rings. The van der Waals surface area contributed by atoms with E-state index >= 15 is 0 Å². The number of nitrogens with zero attached hydrogens (tertiary/aromatic N) is 1. The molecule has 0 aliphatic carbocycles. The van der Waals surface area contributed by atoms with Crippen LogP contribution >= 0.6 is 0 Å². The van der Waals surface area contributed by atoms with Crippen LogP contribution in [0.4, 0.5) is 0 Å². The Balaban J connectivity index is 2.03. The largest absolute Gasteiger partial charge is 0.315 e. The van der Waals surface area contributed by atoms with Crippen molar-refractivity contribution >= 4 is 0 Å². The van der Waals surface area contributed by atoms with Gasteiger partial charge in [-0.15, -0.1) is 0 Å². The van der Waals surface area contributed by atoms with Crippen LogP contribution in [-0.4, -0.2) is 30.7 Å². The molecular formula is C13H23N3. The summed E-state index contributed by atoms with van der Waals surface area (Å²) >= 11 is 0. The molecule has 90 valence electrons. The van der Waals surface area contributed by atoms with Crippen molar-refractivity contribution in [2.75, 3.05) is 19.6 Å². The monoisotopic (exact) mass is 221 g/mol. The molecule has 0 aliphatic heterocycles. The van der Waals surface area contributed by atoms with Gasteiger partial charge in [0.1, 0.15) is 0 Å². The van der Waals surface area contributed by atoms with Crippen LogP contribution in [0.5, 0.6) is 0 Å². The molecule has 3 heteroatoms. The number of aromatic nitrogens is 1. The van der Waals surface area contributed by atoms with Crippen LogP contribution in [-0.2, 0) is 6.42 Å². The predicted molar refractivity (Wildman–Crippen MR) is 68.6 cm³/mol. The molecular weight excluding hydrogens is 198 g/mol. The lowest BCUT2D eigenvalue weighted by molar-refractivity contribution is 0.502. The maximum atomic E-state index is 4.11. The van der Waals surface area contributed by atoms with Crippen LogP contribution in [0.3, 0.4) is 0 Å². The van der Waals surface area contributed by atoms with E-state index in [2.05, 4.69) is 35.5 Å². The Bertz CT molecular complexity index is 261. The third-order valence-electron chi connectivity index (χ3n) is 2.56. The van der Waals surface area contributed by atoms with Gasteiger partial charge in [0.15, 0.2) is 0 Å². The van der Waals surface area contributed by atoms with Crippen LogP contribution in [0, 0.1) is 0 Å². The van der Waals surface area contributed by atoms with Crippen molar-refractivity contribution in [2.45, 2.75) is 32.7 Å². The third-order valence-corrected chi connectivity index (χ3v) is 2.56. The van der Waals surface area contributed by atoms with Gasteiger partial charge in [0.05, 0.1) is 0 Å². The fraction of sp³-hybridized carbons (Fsp3) is 0.615. The Morgan fingerprint density at radius 1 is 1.44 bits per heavy atom. The molecule has 1 aromatic heterocycles. The zero-order valence-corrected chi connectivity index (χ0v) is 10.4. The zero-order chi connectivity index (χ0) is 11.6. The minimum absolute atomic E-state index is 0.550. The Hall–Kier alpha value is -0.930. The molecule has 0 radical (unpaired) electrons. The fourth-order valence-electron chi connectivity index (χ4n) is 1.62. The first kappa shape index (κ1) is 13.1. The molecule has 3 nitrogen and oxygen atoms in total. The highest BCUT2D eigenvalue weighted by atomic mass is 15.0. The molecule has 0 spiro atoms. The highest BCUT2D eigenvalue weighted by molar-refractivity contribution is 5.08. The summed E-state index contributed by atoms with van der Waals surface area (Å²) in [5, 5.41) is 6.84. The Morgan fingerprint density at radius 2 is 2.31 bits per heavy atom. The van der Waals surface area contributed by atoms with Gasteiger partial charge in [0, 0.05) is 25.0 Å². The number of hydrogen-bond donors (Lipinski definition) is 2. The summed E-state index contributed by atoms with van der Waals surface area (Å²) in [4.78, 5) is 4.11. The smallest absolute Gasteiger partial charge is 0.0299 e. The molecule has 16 heavy (non-hydrogen) atoms. The van der Waals surface area contributed by atoms with Gasteiger partial charge in [-0.05, 0) is 44.5 Å². The molecule has 2 N–H and O–H groups in total. The Kier molecular flexibility index (Phi) is 6.77. The van der Waals surface area contributed by atoms with E-state index in [-0.39, 0.29) is 0 Å². The minimum Gasteiger partial charge on any atom is -0.315 e. The van der Waals surface area contributed by atoms with Crippen molar-refractivity contribution < 1.29 is 0 Å². The topological polar surface area (TPSA) is 37.0 Å². The van der Waals surface area contributed by atoms with Crippen LogP contribution in [0.1, 0.15) is 25.8 Å². The molecule has 1 aromatic rings. The average molecular weight is 221 g/mol. The number of aryl methyl sites for hydroxylation is 1. The molecule has 1 heterocycles. The second-order valence-corrected chi connectivity index (χ2v) is 4.13. The van der Waals surface area contributed by atoms with E-state index in [0.29, 0.717) is 6.04 Å². The van der Waals surface area contributed by atoms with Gasteiger partial charge in [-0.2, -0.15) is 0 Å². The molecule has 1 atom stereocenters. The summed E-state index contributed by atoms with van der Waals surface area (Å²) in [7, 11) is 0. The number of likely N-dealkylation sites (N-methyl/N-ethyl adjacent to an activating group) is 1. The van der Waals surface area contributed by atoms with E-state index in [1.54, 1.807) is 0 Å². The normalized spacial score (nSPS) is 12.6. The fourth-order valence-corrected chi connectivity index (χ4v) is 1.62. The van der Waals surface area contributed by atoms with Crippen LogP contribution < -0.4 is 10.6 Å². The quantitative estimate of drug-likeness (QED) is 0.655. The van der Waals surface area contributed by atoms with Gasteiger partial charge in [-0.1, -0.05) is 13.0 Å². The van der Waals surface area contributed by atoms with Crippen molar-refractivity contribution in [3.05, 3.63) is 30.1 Å². The van der Waals surface area contributed by atoms with Crippen LogP contribution in [0.2, 0.25) is 0 Å². The van der Waals surface area contributed by atoms with Crippen molar-refractivity contribution in [2.24, 2.45) is 0 Å². The number of rotatable bonds is 8. The summed E-state index contributed by atoms with van der Waals surface area (Å²) in [6.07, 6.45) is 6.04. The SMILES string of the molecule is CCNCC(C)NCCCc1cccnc1. The molecule has 0 saturated heterocycles. The summed E-state index contributed by atoms with van der Waals surface area (Å²) in [6.45, 7) is 7.51. The van der Waals surface area contributed by atoms with E-state index in [0.717, 1.165) is 26.1 Å². The van der Waals surface area contributed by atoms with E-state index in [1.165, 1.54) is 12.0 Å². The molecule has 0 amide bonds. The molecule has 0 aliphatic rings. The van der Waals surface area contributed by atoms with Gasteiger partial charge in [-0.3, -0.25) is 4.98 Å². The first-order valence-corrected chi connectivity index (χ1v) is 6.16. The zero-order valence-electron chi connectivity index (χ0n) is 10.4. The highest BCUT2D eigenvalue weighted by Gasteiger charge is 1.99. The number of nitrogens with one attached hydrogen (secondary N) is 2. The summed E-state index contributed by atoms with van der Waals surface area (Å²) < 4.78 is 0. The molecule has 1 unspecified atom stereocenters. The van der Waals surface area contributed by atoms with Crippen molar-refractivity contribution in [1.29, 1.82) is 0 Å². The molecule has 0 aromatic carbocycles. The highest BCUT2D eigenvalue weighted by Crippen LogP contribution is 1.99. The predicted octanol–water partition coefficient (Wildman–Crippen LogP) is 1.60. The van der Waals surface area contributed by atoms with Crippen LogP contribution in [0.15, 0.2) is 24.5 Å². The summed E-state index contributed by atoms with van der Waals surface area (Å²) in [5.41, 5.74) is 1.32. The minimum atomic E-state index is 0.550. The number of hydrogen-bond acceptors (Lipinski definition) is 3. The first-order valence-electron chi connectivity index (χ1n) is 6.16. The van der Waals surface area contributed by atoms with Gasteiger partial charge in [0.25, 0.3) is 0 Å². The molecule has 0 saturated carbocycles.